The van der Waals surface area contributed by atoms with E-state index in [0.29, 0.717) is 39.4 Å². The zero-order valence-electron chi connectivity index (χ0n) is 16.8. The van der Waals surface area contributed by atoms with Crippen molar-refractivity contribution in [1.82, 2.24) is 5.43 Å². The van der Waals surface area contributed by atoms with Gasteiger partial charge in [-0.2, -0.15) is 5.10 Å². The minimum atomic E-state index is -0.414. The van der Waals surface area contributed by atoms with Gasteiger partial charge in [0.2, 0.25) is 11.8 Å². The molecule has 0 unspecified atom stereocenters. The van der Waals surface area contributed by atoms with Gasteiger partial charge >= 0.3 is 0 Å². The molecule has 0 bridgehead atoms. The number of hydrogen-bond acceptors (Lipinski definition) is 5. The molecule has 0 aromatic heterocycles. The summed E-state index contributed by atoms with van der Waals surface area (Å²) in [5, 5.41) is 7.36. The van der Waals surface area contributed by atoms with Gasteiger partial charge < -0.3 is 14.8 Å². The highest BCUT2D eigenvalue weighted by atomic mass is 35.5. The molecule has 0 fully saturated rings. The molecule has 31 heavy (non-hydrogen) atoms. The Morgan fingerprint density at radius 2 is 1.94 bits per heavy atom. The first-order valence-corrected chi connectivity index (χ1v) is 10.1. The van der Waals surface area contributed by atoms with E-state index >= 15 is 0 Å². The molecule has 0 atom stereocenters. The molecule has 0 radical (unpaired) electrons. The fraction of sp³-hybridized carbons (Fsp3) is 0.227. The van der Waals surface area contributed by atoms with Crippen LogP contribution in [0.2, 0.25) is 10.0 Å². The molecule has 162 valence electrons. The number of rotatable bonds is 10. The van der Waals surface area contributed by atoms with Crippen LogP contribution in [0.4, 0.5) is 5.69 Å². The lowest BCUT2D eigenvalue weighted by molar-refractivity contribution is -0.124. The van der Waals surface area contributed by atoms with Crippen molar-refractivity contribution in [1.29, 1.82) is 0 Å². The van der Waals surface area contributed by atoms with E-state index in [1.807, 2.05) is 6.92 Å². The lowest BCUT2D eigenvalue weighted by Crippen LogP contribution is -2.20. The van der Waals surface area contributed by atoms with Crippen LogP contribution in [0, 0.1) is 12.3 Å². The molecule has 0 aliphatic heterocycles. The number of halogens is 2. The molecule has 0 aliphatic carbocycles. The van der Waals surface area contributed by atoms with Crippen LogP contribution in [0.15, 0.2) is 41.5 Å². The molecule has 2 aromatic carbocycles. The maximum absolute atomic E-state index is 11.9. The summed E-state index contributed by atoms with van der Waals surface area (Å²) in [4.78, 5) is 23.9. The van der Waals surface area contributed by atoms with Gasteiger partial charge in [-0.3, -0.25) is 9.59 Å². The first kappa shape index (κ1) is 24.1. The molecule has 0 saturated carbocycles. The van der Waals surface area contributed by atoms with E-state index in [1.165, 1.54) is 6.21 Å². The molecule has 2 N–H and O–H groups in total. The highest BCUT2D eigenvalue weighted by Crippen LogP contribution is 2.36. The normalized spacial score (nSPS) is 10.4. The van der Waals surface area contributed by atoms with Gasteiger partial charge in [-0.05, 0) is 42.8 Å². The fourth-order valence-corrected chi connectivity index (χ4v) is 2.89. The van der Waals surface area contributed by atoms with Crippen molar-refractivity contribution in [3.63, 3.8) is 0 Å². The second-order valence-electron chi connectivity index (χ2n) is 6.11. The third-order valence-corrected chi connectivity index (χ3v) is 4.24. The Bertz CT molecular complexity index is 1000. The predicted molar refractivity (Wildman–Crippen MR) is 122 cm³/mol. The monoisotopic (exact) mass is 461 g/mol. The van der Waals surface area contributed by atoms with Gasteiger partial charge in [-0.15, -0.1) is 6.42 Å². The number of carbonyl (C=O) groups excluding carboxylic acids is 2. The Labute approximate surface area is 190 Å². The van der Waals surface area contributed by atoms with Crippen LogP contribution in [-0.4, -0.2) is 31.2 Å². The molecule has 7 nitrogen and oxygen atoms in total. The Morgan fingerprint density at radius 1 is 1.16 bits per heavy atom. The summed E-state index contributed by atoms with van der Waals surface area (Å²) in [5.74, 6) is 2.40. The topological polar surface area (TPSA) is 89.0 Å². The summed E-state index contributed by atoms with van der Waals surface area (Å²) in [6.45, 7) is 2.27. The van der Waals surface area contributed by atoms with Crippen molar-refractivity contribution in [2.75, 3.05) is 18.5 Å². The van der Waals surface area contributed by atoms with Crippen molar-refractivity contribution in [3.05, 3.63) is 52.0 Å². The van der Waals surface area contributed by atoms with E-state index < -0.39 is 5.91 Å². The molecular formula is C22H21Cl2N3O4. The van der Waals surface area contributed by atoms with Gasteiger partial charge in [-0.25, -0.2) is 5.43 Å². The molecule has 2 aromatic rings. The molecule has 0 aliphatic rings. The first-order chi connectivity index (χ1) is 14.9. The third-order valence-electron chi connectivity index (χ3n) is 3.72. The van der Waals surface area contributed by atoms with Gasteiger partial charge in [-0.1, -0.05) is 35.2 Å². The summed E-state index contributed by atoms with van der Waals surface area (Å²) < 4.78 is 10.9. The molecule has 0 heterocycles. The van der Waals surface area contributed by atoms with E-state index in [0.717, 1.165) is 0 Å². The second kappa shape index (κ2) is 12.5. The lowest BCUT2D eigenvalue weighted by atomic mass is 10.2. The Hall–Kier alpha value is -3.21. The highest BCUT2D eigenvalue weighted by Gasteiger charge is 2.12. The van der Waals surface area contributed by atoms with Crippen molar-refractivity contribution >= 4 is 46.9 Å². The number of hydrazone groups is 1. The lowest BCUT2D eigenvalue weighted by Gasteiger charge is -2.12. The quantitative estimate of drug-likeness (QED) is 0.314. The standard InChI is InChI=1S/C22H21Cl2N3O4/c1-3-10-31-22-18(24)11-15(12-19(22)30-4-2)14-25-27-21(29)9-8-20(28)26-17-7-5-6-16(23)13-17/h1,5-7,11-14H,4,8-10H2,2H3,(H,26,28)(H,27,29). The van der Waals surface area contributed by atoms with Crippen LogP contribution in [0.25, 0.3) is 0 Å². The number of carbonyl (C=O) groups is 2. The Balaban J connectivity index is 1.88. The number of amides is 2. The van der Waals surface area contributed by atoms with E-state index in [-0.39, 0.29) is 25.4 Å². The summed E-state index contributed by atoms with van der Waals surface area (Å²) in [6.07, 6.45) is 6.58. The van der Waals surface area contributed by atoms with Crippen LogP contribution in [0.5, 0.6) is 11.5 Å². The molecule has 0 saturated heterocycles. The van der Waals surface area contributed by atoms with Crippen LogP contribution >= 0.6 is 23.2 Å². The maximum atomic E-state index is 11.9. The smallest absolute Gasteiger partial charge is 0.240 e. The Morgan fingerprint density at radius 3 is 2.65 bits per heavy atom. The van der Waals surface area contributed by atoms with Crippen LogP contribution in [0.1, 0.15) is 25.3 Å². The first-order valence-electron chi connectivity index (χ1n) is 9.32. The van der Waals surface area contributed by atoms with Crippen LogP contribution < -0.4 is 20.2 Å². The van der Waals surface area contributed by atoms with Crippen molar-refractivity contribution < 1.29 is 19.1 Å². The highest BCUT2D eigenvalue weighted by molar-refractivity contribution is 6.32. The average molecular weight is 462 g/mol. The number of benzene rings is 2. The zero-order valence-corrected chi connectivity index (χ0v) is 18.3. The molecule has 0 spiro atoms. The summed E-state index contributed by atoms with van der Waals surface area (Å²) in [5.41, 5.74) is 3.51. The second-order valence-corrected chi connectivity index (χ2v) is 6.95. The Kier molecular flexibility index (Phi) is 9.69. The maximum Gasteiger partial charge on any atom is 0.240 e. The van der Waals surface area contributed by atoms with Gasteiger partial charge in [0.25, 0.3) is 0 Å². The zero-order chi connectivity index (χ0) is 22.6. The van der Waals surface area contributed by atoms with Gasteiger partial charge in [0.1, 0.15) is 6.61 Å². The number of terminal acetylenes is 1. The number of hydrogen-bond donors (Lipinski definition) is 2. The van der Waals surface area contributed by atoms with Crippen molar-refractivity contribution in [2.45, 2.75) is 19.8 Å². The van der Waals surface area contributed by atoms with Crippen LogP contribution in [-0.2, 0) is 9.59 Å². The predicted octanol–water partition coefficient (Wildman–Crippen LogP) is 4.27. The number of ether oxygens (including phenoxy) is 2. The molecular weight excluding hydrogens is 441 g/mol. The van der Waals surface area contributed by atoms with E-state index in [4.69, 9.17) is 39.1 Å². The SMILES string of the molecule is C#CCOc1c(Cl)cc(C=NNC(=O)CCC(=O)Nc2cccc(Cl)c2)cc1OCC. The minimum absolute atomic E-state index is 0.00457. The fourth-order valence-electron chi connectivity index (χ4n) is 2.43. The largest absolute Gasteiger partial charge is 0.490 e. The van der Waals surface area contributed by atoms with Gasteiger partial charge in [0, 0.05) is 23.6 Å². The number of anilines is 1. The molecule has 9 heteroatoms. The van der Waals surface area contributed by atoms with Gasteiger partial charge in [0.15, 0.2) is 11.5 Å². The van der Waals surface area contributed by atoms with Gasteiger partial charge in [0.05, 0.1) is 17.8 Å². The molecule has 2 rings (SSSR count). The summed E-state index contributed by atoms with van der Waals surface area (Å²) in [7, 11) is 0. The average Bonchev–Trinajstić information content (AvgIpc) is 2.72. The number of nitrogens with zero attached hydrogens (tertiary/aromatic N) is 1. The molecule has 2 amide bonds. The van der Waals surface area contributed by atoms with E-state index in [2.05, 4.69) is 21.8 Å². The minimum Gasteiger partial charge on any atom is -0.490 e. The van der Waals surface area contributed by atoms with Crippen LogP contribution in [0.3, 0.4) is 0 Å². The summed E-state index contributed by atoms with van der Waals surface area (Å²) >= 11 is 12.1. The third kappa shape index (κ3) is 8.21. The van der Waals surface area contributed by atoms with Crippen molar-refractivity contribution in [3.8, 4) is 23.8 Å². The van der Waals surface area contributed by atoms with E-state index in [1.54, 1.807) is 36.4 Å². The van der Waals surface area contributed by atoms with E-state index in [9.17, 15) is 9.59 Å². The summed E-state index contributed by atoms with van der Waals surface area (Å²) in [6, 6.07) is 10.0. The number of nitrogens with one attached hydrogen (secondary N) is 2. The van der Waals surface area contributed by atoms with Crippen molar-refractivity contribution in [2.24, 2.45) is 5.10 Å².